The van der Waals surface area contributed by atoms with E-state index in [1.807, 2.05) is 30.3 Å². The second kappa shape index (κ2) is 9.64. The third kappa shape index (κ3) is 5.33. The largest absolute Gasteiger partial charge is 0.441 e. The number of ether oxygens (including phenoxy) is 3. The minimum Gasteiger partial charge on any atom is -0.441 e. The summed E-state index contributed by atoms with van der Waals surface area (Å²) in [5.74, 6) is 0.483. The number of amides is 1. The monoisotopic (exact) mass is 441 g/mol. The molecule has 2 aromatic carbocycles. The lowest BCUT2D eigenvalue weighted by Crippen LogP contribution is -2.46. The number of fused-ring (bicyclic) bond motifs is 1. The number of hydrogen-bond donors (Lipinski definition) is 3. The van der Waals surface area contributed by atoms with Gasteiger partial charge in [-0.3, -0.25) is 5.32 Å². The number of para-hydroxylation sites is 1. The highest BCUT2D eigenvalue weighted by atomic mass is 32.1. The van der Waals surface area contributed by atoms with Gasteiger partial charge < -0.3 is 24.8 Å². The number of rotatable bonds is 5. The Morgan fingerprint density at radius 2 is 1.65 bits per heavy atom. The fourth-order valence-electron chi connectivity index (χ4n) is 3.78. The molecule has 31 heavy (non-hydrogen) atoms. The van der Waals surface area contributed by atoms with Crippen LogP contribution in [0.2, 0.25) is 0 Å². The third-order valence-electron chi connectivity index (χ3n) is 5.44. The number of benzene rings is 2. The summed E-state index contributed by atoms with van der Waals surface area (Å²) < 4.78 is 17.3. The minimum atomic E-state index is -0.525. The lowest BCUT2D eigenvalue weighted by atomic mass is 10.0. The smallest absolute Gasteiger partial charge is 0.412 e. The van der Waals surface area contributed by atoms with E-state index in [0.29, 0.717) is 23.3 Å². The van der Waals surface area contributed by atoms with Gasteiger partial charge in [0.15, 0.2) is 11.2 Å². The molecule has 0 aliphatic carbocycles. The van der Waals surface area contributed by atoms with Crippen LogP contribution >= 0.6 is 12.2 Å². The molecule has 2 aliphatic heterocycles. The van der Waals surface area contributed by atoms with Gasteiger partial charge >= 0.3 is 6.09 Å². The van der Waals surface area contributed by atoms with Crippen LogP contribution in [-0.2, 0) is 14.2 Å². The molecule has 4 rings (SSSR count). The van der Waals surface area contributed by atoms with Gasteiger partial charge in [-0.05, 0) is 48.0 Å². The second-order valence-corrected chi connectivity index (χ2v) is 8.42. The van der Waals surface area contributed by atoms with Crippen LogP contribution in [0.15, 0.2) is 54.6 Å². The Labute approximate surface area is 187 Å². The molecule has 4 atom stereocenters. The number of hydrogen-bond acceptors (Lipinski definition) is 5. The summed E-state index contributed by atoms with van der Waals surface area (Å²) in [6, 6.07) is 17.2. The van der Waals surface area contributed by atoms with Crippen LogP contribution < -0.4 is 16.0 Å². The summed E-state index contributed by atoms with van der Waals surface area (Å²) in [4.78, 5) is 12.2. The van der Waals surface area contributed by atoms with Gasteiger partial charge in [-0.2, -0.15) is 0 Å². The van der Waals surface area contributed by atoms with Crippen molar-refractivity contribution in [1.29, 1.82) is 0 Å². The fraction of sp³-hybridized carbons (Fsp3) is 0.391. The summed E-state index contributed by atoms with van der Waals surface area (Å²) in [5, 5.41) is 9.68. The lowest BCUT2D eigenvalue weighted by molar-refractivity contribution is 0.00880. The number of thiocarbonyl (C=S) groups is 1. The van der Waals surface area contributed by atoms with Crippen LogP contribution in [0.5, 0.6) is 0 Å². The van der Waals surface area contributed by atoms with E-state index in [1.54, 1.807) is 12.1 Å². The minimum absolute atomic E-state index is 0.120. The highest BCUT2D eigenvalue weighted by molar-refractivity contribution is 7.80. The summed E-state index contributed by atoms with van der Waals surface area (Å²) in [6.45, 7) is 5.03. The molecule has 0 aromatic heterocycles. The van der Waals surface area contributed by atoms with Crippen molar-refractivity contribution >= 4 is 34.8 Å². The first kappa shape index (κ1) is 21.5. The van der Waals surface area contributed by atoms with Gasteiger partial charge in [-0.25, -0.2) is 4.79 Å². The van der Waals surface area contributed by atoms with Crippen molar-refractivity contribution in [3.8, 4) is 0 Å². The molecule has 2 fully saturated rings. The molecule has 8 heteroatoms. The predicted molar refractivity (Wildman–Crippen MR) is 123 cm³/mol. The maximum Gasteiger partial charge on any atom is 0.412 e. The zero-order chi connectivity index (χ0) is 21.8. The third-order valence-corrected chi connectivity index (χ3v) is 5.66. The standard InChI is InChI=1S/C23H27N3O4S/c1-14(2)15-8-10-17(11-9-15)24-22(31)26-18-12-28-21-19(13-29-20(18)21)30-23(27)25-16-6-4-3-5-7-16/h3-11,14,18-21H,12-13H2,1-2H3,(H,25,27)(H2,24,26,31)/t18-,19-,20-,21+/m1/s1. The van der Waals surface area contributed by atoms with Crippen LogP contribution in [0.4, 0.5) is 16.2 Å². The van der Waals surface area contributed by atoms with Gasteiger partial charge in [0.1, 0.15) is 12.2 Å². The number of carbonyl (C=O) groups excluding carboxylic acids is 1. The number of nitrogens with one attached hydrogen (secondary N) is 3. The Kier molecular flexibility index (Phi) is 6.70. The fourth-order valence-corrected chi connectivity index (χ4v) is 4.05. The van der Waals surface area contributed by atoms with Crippen molar-refractivity contribution < 1.29 is 19.0 Å². The topological polar surface area (TPSA) is 80.8 Å². The molecule has 0 bridgehead atoms. The molecule has 2 heterocycles. The molecule has 2 aliphatic rings. The molecule has 0 radical (unpaired) electrons. The van der Waals surface area contributed by atoms with E-state index >= 15 is 0 Å². The zero-order valence-corrected chi connectivity index (χ0v) is 18.4. The van der Waals surface area contributed by atoms with E-state index < -0.39 is 12.2 Å². The molecule has 1 amide bonds. The van der Waals surface area contributed by atoms with Crippen LogP contribution in [0, 0.1) is 0 Å². The predicted octanol–water partition coefficient (Wildman–Crippen LogP) is 3.88. The molecule has 0 saturated carbocycles. The van der Waals surface area contributed by atoms with Crippen molar-refractivity contribution in [2.24, 2.45) is 0 Å². The zero-order valence-electron chi connectivity index (χ0n) is 17.5. The Morgan fingerprint density at radius 3 is 2.35 bits per heavy atom. The molecule has 164 valence electrons. The van der Waals surface area contributed by atoms with E-state index in [-0.39, 0.29) is 24.9 Å². The van der Waals surface area contributed by atoms with E-state index in [1.165, 1.54) is 5.56 Å². The van der Waals surface area contributed by atoms with Gasteiger partial charge in [0.2, 0.25) is 0 Å². The molecule has 3 N–H and O–H groups in total. The molecule has 0 unspecified atom stereocenters. The van der Waals surface area contributed by atoms with Gasteiger partial charge in [0, 0.05) is 11.4 Å². The summed E-state index contributed by atoms with van der Waals surface area (Å²) in [6.07, 6.45) is -1.56. The van der Waals surface area contributed by atoms with E-state index in [0.717, 1.165) is 5.69 Å². The Balaban J connectivity index is 1.26. The van der Waals surface area contributed by atoms with Crippen molar-refractivity contribution in [1.82, 2.24) is 5.32 Å². The Bertz CT molecular complexity index is 907. The first-order chi connectivity index (χ1) is 15.0. The van der Waals surface area contributed by atoms with Gasteiger partial charge in [-0.15, -0.1) is 0 Å². The van der Waals surface area contributed by atoms with E-state index in [2.05, 4.69) is 41.9 Å². The summed E-state index contributed by atoms with van der Waals surface area (Å²) in [5.41, 5.74) is 2.87. The first-order valence-electron chi connectivity index (χ1n) is 10.4. The highest BCUT2D eigenvalue weighted by Crippen LogP contribution is 2.29. The maximum absolute atomic E-state index is 12.2. The van der Waals surface area contributed by atoms with E-state index in [4.69, 9.17) is 26.4 Å². The SMILES string of the molecule is CC(C)c1ccc(NC(=S)N[C@@H]2CO[C@@H]3[C@@H]2OC[C@H]3OC(=O)Nc2ccccc2)cc1. The highest BCUT2D eigenvalue weighted by Gasteiger charge is 2.49. The average Bonchev–Trinajstić information content (AvgIpc) is 3.32. The second-order valence-electron chi connectivity index (χ2n) is 8.01. The molecular formula is C23H27N3O4S. The van der Waals surface area contributed by atoms with Gasteiger partial charge in [0.25, 0.3) is 0 Å². The van der Waals surface area contributed by atoms with Crippen molar-refractivity contribution in [2.45, 2.75) is 44.1 Å². The molecular weight excluding hydrogens is 414 g/mol. The maximum atomic E-state index is 12.2. The van der Waals surface area contributed by atoms with Crippen LogP contribution in [-0.4, -0.2) is 48.8 Å². The quantitative estimate of drug-likeness (QED) is 0.608. The molecule has 2 aromatic rings. The van der Waals surface area contributed by atoms with Crippen LogP contribution in [0.1, 0.15) is 25.3 Å². The lowest BCUT2D eigenvalue weighted by Gasteiger charge is -2.20. The molecule has 0 spiro atoms. The molecule has 2 saturated heterocycles. The summed E-state index contributed by atoms with van der Waals surface area (Å²) in [7, 11) is 0. The average molecular weight is 442 g/mol. The van der Waals surface area contributed by atoms with Crippen molar-refractivity contribution in [3.05, 3.63) is 60.2 Å². The van der Waals surface area contributed by atoms with Crippen LogP contribution in [0.25, 0.3) is 0 Å². The van der Waals surface area contributed by atoms with E-state index in [9.17, 15) is 4.79 Å². The van der Waals surface area contributed by atoms with Crippen molar-refractivity contribution in [2.75, 3.05) is 23.8 Å². The summed E-state index contributed by atoms with van der Waals surface area (Å²) >= 11 is 5.46. The number of carbonyl (C=O) groups is 1. The normalized spacial score (nSPS) is 24.5. The Hall–Kier alpha value is -2.68. The Morgan fingerprint density at radius 1 is 0.968 bits per heavy atom. The number of anilines is 2. The molecule has 7 nitrogen and oxygen atoms in total. The van der Waals surface area contributed by atoms with Crippen LogP contribution in [0.3, 0.4) is 0 Å². The van der Waals surface area contributed by atoms with Gasteiger partial charge in [-0.1, -0.05) is 44.2 Å². The van der Waals surface area contributed by atoms with Gasteiger partial charge in [0.05, 0.1) is 19.3 Å². The first-order valence-corrected chi connectivity index (χ1v) is 10.8. The van der Waals surface area contributed by atoms with Crippen molar-refractivity contribution in [3.63, 3.8) is 0 Å².